The molecule has 2 N–H and O–H groups in total. The molecule has 0 aliphatic carbocycles. The average molecular weight is 324 g/mol. The normalized spacial score (nSPS) is 10.7. The molecule has 0 radical (unpaired) electrons. The van der Waals surface area contributed by atoms with Crippen molar-refractivity contribution in [3.05, 3.63) is 64.0 Å². The maximum Gasteiger partial charge on any atom is 0.119 e. The maximum atomic E-state index is 5.73. The van der Waals surface area contributed by atoms with E-state index in [9.17, 15) is 0 Å². The summed E-state index contributed by atoms with van der Waals surface area (Å²) in [5, 5.41) is 1.12. The first-order valence-corrected chi connectivity index (χ1v) is 8.51. The van der Waals surface area contributed by atoms with Gasteiger partial charge in [-0.25, -0.2) is 4.98 Å². The third-order valence-corrected chi connectivity index (χ3v) is 4.59. The number of thiazole rings is 1. The molecule has 0 aliphatic rings. The highest BCUT2D eigenvalue weighted by Crippen LogP contribution is 2.30. The lowest BCUT2D eigenvalue weighted by atomic mass is 10.1. The number of hydrogen-bond donors (Lipinski definition) is 1. The molecule has 3 rings (SSSR count). The predicted octanol–water partition coefficient (Wildman–Crippen LogP) is 4.69. The Kier molecular flexibility index (Phi) is 4.63. The molecule has 3 nitrogen and oxygen atoms in total. The van der Waals surface area contributed by atoms with Gasteiger partial charge in [-0.3, -0.25) is 0 Å². The maximum absolute atomic E-state index is 5.73. The highest BCUT2D eigenvalue weighted by molar-refractivity contribution is 7.12. The minimum atomic E-state index is 0.681. The van der Waals surface area contributed by atoms with E-state index < -0.39 is 0 Å². The van der Waals surface area contributed by atoms with Crippen molar-refractivity contribution in [2.75, 3.05) is 12.3 Å². The second kappa shape index (κ2) is 6.84. The van der Waals surface area contributed by atoms with Gasteiger partial charge in [0.15, 0.2) is 0 Å². The van der Waals surface area contributed by atoms with E-state index in [0.29, 0.717) is 6.61 Å². The van der Waals surface area contributed by atoms with Gasteiger partial charge in [0, 0.05) is 22.5 Å². The molecule has 0 unspecified atom stereocenters. The molecule has 1 aromatic heterocycles. The van der Waals surface area contributed by atoms with Crippen molar-refractivity contribution in [3.63, 3.8) is 0 Å². The Morgan fingerprint density at radius 1 is 1.04 bits per heavy atom. The van der Waals surface area contributed by atoms with E-state index in [1.54, 1.807) is 11.3 Å². The van der Waals surface area contributed by atoms with E-state index in [4.69, 9.17) is 15.5 Å². The Hall–Kier alpha value is -2.33. The van der Waals surface area contributed by atoms with Crippen molar-refractivity contribution in [2.24, 2.45) is 0 Å². The number of ether oxygens (including phenoxy) is 1. The van der Waals surface area contributed by atoms with Crippen molar-refractivity contribution >= 4 is 17.0 Å². The number of nitrogens with zero attached hydrogens (tertiary/aromatic N) is 1. The molecule has 3 aromatic rings. The lowest BCUT2D eigenvalue weighted by Gasteiger charge is -2.04. The number of aromatic nitrogens is 1. The fourth-order valence-electron chi connectivity index (χ4n) is 2.48. The molecular weight excluding hydrogens is 304 g/mol. The summed E-state index contributed by atoms with van der Waals surface area (Å²) in [5.74, 6) is 0.895. The Bertz CT molecular complexity index is 776. The highest BCUT2D eigenvalue weighted by atomic mass is 32.1. The van der Waals surface area contributed by atoms with Crippen LogP contribution < -0.4 is 10.5 Å². The lowest BCUT2D eigenvalue weighted by Crippen LogP contribution is -1.91. The molecule has 0 bridgehead atoms. The molecule has 4 heteroatoms. The number of hydrogen-bond acceptors (Lipinski definition) is 4. The quantitative estimate of drug-likeness (QED) is 0.693. The second-order valence-electron chi connectivity index (χ2n) is 5.39. The number of nitrogen functional groups attached to an aromatic ring is 1. The van der Waals surface area contributed by atoms with E-state index >= 15 is 0 Å². The summed E-state index contributed by atoms with van der Waals surface area (Å²) >= 11 is 1.75. The Morgan fingerprint density at radius 3 is 2.39 bits per heavy atom. The fraction of sp³-hybridized carbons (Fsp3) is 0.211. The first kappa shape index (κ1) is 15.6. The van der Waals surface area contributed by atoms with E-state index in [1.165, 1.54) is 10.4 Å². The van der Waals surface area contributed by atoms with E-state index in [-0.39, 0.29) is 0 Å². The zero-order chi connectivity index (χ0) is 16.2. The number of rotatable bonds is 5. The zero-order valence-corrected chi connectivity index (χ0v) is 14.2. The van der Waals surface area contributed by atoms with Crippen molar-refractivity contribution < 1.29 is 4.74 Å². The Balaban J connectivity index is 1.81. The zero-order valence-electron chi connectivity index (χ0n) is 13.4. The first-order valence-electron chi connectivity index (χ1n) is 7.69. The summed E-state index contributed by atoms with van der Waals surface area (Å²) in [4.78, 5) is 6.06. The SMILES string of the molecule is CCOc1ccc(-c2nc(Cc3ccc(N)cc3)sc2C)cc1. The summed E-state index contributed by atoms with van der Waals surface area (Å²) in [6.45, 7) is 4.79. The highest BCUT2D eigenvalue weighted by Gasteiger charge is 2.10. The van der Waals surface area contributed by atoms with Crippen LogP contribution in [-0.4, -0.2) is 11.6 Å². The molecule has 0 aliphatic heterocycles. The van der Waals surface area contributed by atoms with Crippen molar-refractivity contribution in [1.82, 2.24) is 4.98 Å². The predicted molar refractivity (Wildman–Crippen MR) is 97.1 cm³/mol. The van der Waals surface area contributed by atoms with Crippen LogP contribution in [0.1, 0.15) is 22.4 Å². The molecule has 0 amide bonds. The summed E-state index contributed by atoms with van der Waals surface area (Å²) in [7, 11) is 0. The van der Waals surface area contributed by atoms with Gasteiger partial charge in [-0.2, -0.15) is 0 Å². The van der Waals surface area contributed by atoms with Gasteiger partial charge in [0.05, 0.1) is 17.3 Å². The second-order valence-corrected chi connectivity index (χ2v) is 6.68. The van der Waals surface area contributed by atoms with Gasteiger partial charge in [0.2, 0.25) is 0 Å². The standard InChI is InChI=1S/C19H20N2OS/c1-3-22-17-10-6-15(7-11-17)19-13(2)23-18(21-19)12-14-4-8-16(20)9-5-14/h4-11H,3,12,20H2,1-2H3. The Morgan fingerprint density at radius 2 is 1.74 bits per heavy atom. The van der Waals surface area contributed by atoms with Crippen LogP contribution in [0.2, 0.25) is 0 Å². The van der Waals surface area contributed by atoms with Crippen molar-refractivity contribution in [3.8, 4) is 17.0 Å². The molecule has 0 fully saturated rings. The van der Waals surface area contributed by atoms with Gasteiger partial charge in [-0.05, 0) is 55.8 Å². The van der Waals surface area contributed by atoms with Crippen molar-refractivity contribution in [1.29, 1.82) is 0 Å². The van der Waals surface area contributed by atoms with Crippen LogP contribution in [0.15, 0.2) is 48.5 Å². The molecule has 1 heterocycles. The Labute approximate surface area is 140 Å². The molecule has 0 saturated heterocycles. The van der Waals surface area contributed by atoms with Crippen LogP contribution in [0, 0.1) is 6.92 Å². The number of anilines is 1. The third kappa shape index (κ3) is 3.71. The number of nitrogens with two attached hydrogens (primary N) is 1. The monoisotopic (exact) mass is 324 g/mol. The summed E-state index contributed by atoms with van der Waals surface area (Å²) < 4.78 is 5.49. The molecule has 0 spiro atoms. The molecule has 118 valence electrons. The van der Waals surface area contributed by atoms with Crippen molar-refractivity contribution in [2.45, 2.75) is 20.3 Å². The van der Waals surface area contributed by atoms with Gasteiger partial charge < -0.3 is 10.5 Å². The van der Waals surface area contributed by atoms with Crippen LogP contribution in [-0.2, 0) is 6.42 Å². The van der Waals surface area contributed by atoms with Gasteiger partial charge in [0.25, 0.3) is 0 Å². The summed E-state index contributed by atoms with van der Waals surface area (Å²) in [5.41, 5.74) is 9.94. The van der Waals surface area contributed by atoms with E-state index in [0.717, 1.165) is 34.1 Å². The largest absolute Gasteiger partial charge is 0.494 e. The molecule has 2 aromatic carbocycles. The minimum absolute atomic E-state index is 0.681. The van der Waals surface area contributed by atoms with Gasteiger partial charge in [-0.1, -0.05) is 12.1 Å². The van der Waals surface area contributed by atoms with Gasteiger partial charge in [0.1, 0.15) is 5.75 Å². The summed E-state index contributed by atoms with van der Waals surface area (Å²) in [6.07, 6.45) is 0.836. The smallest absolute Gasteiger partial charge is 0.119 e. The topological polar surface area (TPSA) is 48.1 Å². The lowest BCUT2D eigenvalue weighted by molar-refractivity contribution is 0.340. The molecule has 0 atom stereocenters. The van der Waals surface area contributed by atoms with Crippen LogP contribution in [0.25, 0.3) is 11.3 Å². The third-order valence-electron chi connectivity index (χ3n) is 3.61. The van der Waals surface area contributed by atoms with Crippen LogP contribution in [0.3, 0.4) is 0 Å². The average Bonchev–Trinajstić information content (AvgIpc) is 2.91. The minimum Gasteiger partial charge on any atom is -0.494 e. The number of benzene rings is 2. The molecule has 23 heavy (non-hydrogen) atoms. The molecule has 0 saturated carbocycles. The first-order chi connectivity index (χ1) is 11.2. The molecular formula is C19H20N2OS. The summed E-state index contributed by atoms with van der Waals surface area (Å²) in [6, 6.07) is 16.1. The van der Waals surface area contributed by atoms with Crippen LogP contribution >= 0.6 is 11.3 Å². The van der Waals surface area contributed by atoms with Gasteiger partial charge in [-0.15, -0.1) is 11.3 Å². The van der Waals surface area contributed by atoms with Crippen LogP contribution in [0.4, 0.5) is 5.69 Å². The van der Waals surface area contributed by atoms with Crippen LogP contribution in [0.5, 0.6) is 5.75 Å². The number of aryl methyl sites for hydroxylation is 1. The van der Waals surface area contributed by atoms with E-state index in [2.05, 4.69) is 31.2 Å². The van der Waals surface area contributed by atoms with Gasteiger partial charge >= 0.3 is 0 Å². The fourth-order valence-corrected chi connectivity index (χ4v) is 3.47. The van der Waals surface area contributed by atoms with E-state index in [1.807, 2.05) is 31.2 Å².